The molecule has 7 aromatic carbocycles. The summed E-state index contributed by atoms with van der Waals surface area (Å²) in [5.74, 6) is 0.295. The molecule has 1 aliphatic carbocycles. The lowest BCUT2D eigenvalue weighted by Crippen LogP contribution is -2.01. The summed E-state index contributed by atoms with van der Waals surface area (Å²) < 4.78 is 2.32. The maximum Gasteiger partial charge on any atom is 0.146 e. The highest BCUT2D eigenvalue weighted by atomic mass is 15.0. The largest absolute Gasteiger partial charge is 0.292 e. The Morgan fingerprint density at radius 1 is 0.511 bits per heavy atom. The molecule has 0 saturated carbocycles. The average Bonchev–Trinajstić information content (AvgIpc) is 3.52. The first-order valence-electron chi connectivity index (χ1n) is 16.4. The number of rotatable bonds is 2. The lowest BCUT2D eigenvalue weighted by Gasteiger charge is -2.19. The molecule has 0 amide bonds. The summed E-state index contributed by atoms with van der Waals surface area (Å²) in [7, 11) is 0. The van der Waals surface area contributed by atoms with Crippen LogP contribution in [0.3, 0.4) is 0 Å². The van der Waals surface area contributed by atoms with Crippen LogP contribution in [0.2, 0.25) is 0 Å². The standard InChI is InChI=1S/C45H30N2/c1-2-9-29-10-8-11-30-17-21-36(27-41(29)30)37(12-3-1)35-22-20-31-25-32(18-19-33(31)26-35)34-23-24-44-42(28-34)46-45-40-15-5-4-13-38(40)39-14-6-7-16-43(39)47(44)45/h1-11,13-28,37H,12H2. The third-order valence-corrected chi connectivity index (χ3v) is 10.1. The summed E-state index contributed by atoms with van der Waals surface area (Å²) in [6, 6.07) is 51.4. The topological polar surface area (TPSA) is 17.3 Å². The normalized spacial score (nSPS) is 14.8. The molecule has 2 nitrogen and oxygen atoms in total. The first kappa shape index (κ1) is 26.2. The van der Waals surface area contributed by atoms with Crippen LogP contribution < -0.4 is 0 Å². The number of aromatic nitrogens is 2. The summed E-state index contributed by atoms with van der Waals surface area (Å²) in [6.45, 7) is 0. The second kappa shape index (κ2) is 10.3. The Balaban J connectivity index is 1.06. The summed E-state index contributed by atoms with van der Waals surface area (Å²) in [4.78, 5) is 5.21. The molecule has 2 heteroatoms. The molecule has 0 radical (unpaired) electrons. The molecule has 47 heavy (non-hydrogen) atoms. The van der Waals surface area contributed by atoms with E-state index >= 15 is 0 Å². The molecule has 0 saturated heterocycles. The second-order valence-corrected chi connectivity index (χ2v) is 12.8. The Morgan fingerprint density at radius 3 is 2.19 bits per heavy atom. The van der Waals surface area contributed by atoms with Gasteiger partial charge in [0.15, 0.2) is 0 Å². The number of fused-ring (bicyclic) bond motifs is 10. The molecule has 1 atom stereocenters. The molecule has 0 fully saturated rings. The van der Waals surface area contributed by atoms with Crippen LogP contribution in [-0.4, -0.2) is 9.38 Å². The van der Waals surface area contributed by atoms with Gasteiger partial charge in [-0.25, -0.2) is 4.98 Å². The van der Waals surface area contributed by atoms with E-state index in [1.165, 1.54) is 71.0 Å². The number of hydrogen-bond donors (Lipinski definition) is 0. The van der Waals surface area contributed by atoms with E-state index in [-0.39, 0.29) is 0 Å². The van der Waals surface area contributed by atoms with Gasteiger partial charge in [-0.1, -0.05) is 133 Å². The number of nitrogens with zero attached hydrogens (tertiary/aromatic N) is 2. The number of benzene rings is 7. The summed E-state index contributed by atoms with van der Waals surface area (Å²) >= 11 is 0. The highest BCUT2D eigenvalue weighted by Gasteiger charge is 2.17. The molecule has 1 aliphatic rings. The predicted octanol–water partition coefficient (Wildman–Crippen LogP) is 11.9. The Bertz CT molecular complexity index is 2780. The van der Waals surface area contributed by atoms with Crippen LogP contribution in [0.15, 0.2) is 158 Å². The quantitative estimate of drug-likeness (QED) is 0.181. The van der Waals surface area contributed by atoms with Crippen LogP contribution in [0.1, 0.15) is 29.0 Å². The van der Waals surface area contributed by atoms with Gasteiger partial charge < -0.3 is 0 Å². The summed E-state index contributed by atoms with van der Waals surface area (Å²) in [6.07, 6.45) is 9.84. The predicted molar refractivity (Wildman–Crippen MR) is 199 cm³/mol. The number of pyridine rings is 1. The van der Waals surface area contributed by atoms with Crippen molar-refractivity contribution >= 4 is 66.0 Å². The number of allylic oxidation sites excluding steroid dienone is 3. The van der Waals surface area contributed by atoms with Crippen LogP contribution in [-0.2, 0) is 0 Å². The zero-order chi connectivity index (χ0) is 30.9. The van der Waals surface area contributed by atoms with Crippen molar-refractivity contribution in [3.8, 4) is 11.1 Å². The minimum absolute atomic E-state index is 0.295. The van der Waals surface area contributed by atoms with E-state index in [1.807, 2.05) is 0 Å². The first-order valence-corrected chi connectivity index (χ1v) is 16.4. The Labute approximate surface area is 272 Å². The van der Waals surface area contributed by atoms with Gasteiger partial charge in [-0.15, -0.1) is 0 Å². The van der Waals surface area contributed by atoms with Crippen LogP contribution in [0.25, 0.3) is 77.1 Å². The van der Waals surface area contributed by atoms with Gasteiger partial charge in [0.2, 0.25) is 0 Å². The minimum atomic E-state index is 0.295. The van der Waals surface area contributed by atoms with Crippen LogP contribution in [0.4, 0.5) is 0 Å². The van der Waals surface area contributed by atoms with E-state index in [4.69, 9.17) is 4.98 Å². The fourth-order valence-electron chi connectivity index (χ4n) is 7.75. The van der Waals surface area contributed by atoms with Crippen LogP contribution >= 0.6 is 0 Å². The molecule has 220 valence electrons. The Hall–Kier alpha value is -5.99. The molecule has 0 aliphatic heterocycles. The minimum Gasteiger partial charge on any atom is -0.292 e. The van der Waals surface area contributed by atoms with Crippen molar-refractivity contribution in [2.45, 2.75) is 12.3 Å². The van der Waals surface area contributed by atoms with Gasteiger partial charge in [0.05, 0.1) is 16.6 Å². The van der Waals surface area contributed by atoms with Gasteiger partial charge >= 0.3 is 0 Å². The van der Waals surface area contributed by atoms with Gasteiger partial charge in [-0.2, -0.15) is 0 Å². The number of hydrogen-bond acceptors (Lipinski definition) is 1. The highest BCUT2D eigenvalue weighted by Crippen LogP contribution is 2.37. The molecule has 0 spiro atoms. The average molecular weight is 599 g/mol. The van der Waals surface area contributed by atoms with Crippen molar-refractivity contribution in [2.75, 3.05) is 0 Å². The summed E-state index contributed by atoms with van der Waals surface area (Å²) in [5.41, 5.74) is 10.7. The molecule has 2 aromatic heterocycles. The molecular weight excluding hydrogens is 569 g/mol. The fourth-order valence-corrected chi connectivity index (χ4v) is 7.75. The monoisotopic (exact) mass is 598 g/mol. The SMILES string of the molecule is C1=CCC(c2ccc3cc(-c4ccc5c(c4)nc4c6ccccc6c6ccccc6n54)ccc3c2)c2ccc3cccc(c3c2)C=C1. The number of para-hydroxylation sites is 1. The lowest BCUT2D eigenvalue weighted by atomic mass is 9.85. The first-order chi connectivity index (χ1) is 23.3. The van der Waals surface area contributed by atoms with Gasteiger partial charge in [-0.3, -0.25) is 4.40 Å². The zero-order valence-electron chi connectivity index (χ0n) is 25.8. The van der Waals surface area contributed by atoms with Crippen molar-refractivity contribution < 1.29 is 0 Å². The van der Waals surface area contributed by atoms with Crippen LogP contribution in [0.5, 0.6) is 0 Å². The second-order valence-electron chi connectivity index (χ2n) is 12.8. The molecule has 2 heterocycles. The molecule has 1 unspecified atom stereocenters. The maximum absolute atomic E-state index is 5.21. The van der Waals surface area contributed by atoms with E-state index in [2.05, 4.69) is 168 Å². The van der Waals surface area contributed by atoms with Gasteiger partial charge in [0, 0.05) is 16.7 Å². The van der Waals surface area contributed by atoms with E-state index in [1.54, 1.807) is 0 Å². The van der Waals surface area contributed by atoms with Gasteiger partial charge in [-0.05, 0) is 91.5 Å². The number of imidazole rings is 1. The third kappa shape index (κ3) is 4.15. The lowest BCUT2D eigenvalue weighted by molar-refractivity contribution is 0.832. The van der Waals surface area contributed by atoms with E-state index in [0.717, 1.165) is 23.1 Å². The molecule has 9 aromatic rings. The fraction of sp³-hybridized carbons (Fsp3) is 0.0444. The van der Waals surface area contributed by atoms with Crippen molar-refractivity contribution in [3.63, 3.8) is 0 Å². The van der Waals surface area contributed by atoms with Crippen LogP contribution in [0, 0.1) is 0 Å². The highest BCUT2D eigenvalue weighted by molar-refractivity contribution is 6.13. The van der Waals surface area contributed by atoms with Crippen molar-refractivity contribution in [2.24, 2.45) is 0 Å². The van der Waals surface area contributed by atoms with Gasteiger partial charge in [0.25, 0.3) is 0 Å². The van der Waals surface area contributed by atoms with E-state index in [0.29, 0.717) is 5.92 Å². The third-order valence-electron chi connectivity index (χ3n) is 10.1. The summed E-state index contributed by atoms with van der Waals surface area (Å²) in [5, 5.41) is 8.78. The Morgan fingerprint density at radius 2 is 1.26 bits per heavy atom. The molecular formula is C45H30N2. The Kier molecular flexibility index (Phi) is 5.73. The molecule has 2 bridgehead atoms. The van der Waals surface area contributed by atoms with E-state index in [9.17, 15) is 0 Å². The molecule has 10 rings (SSSR count). The molecule has 0 N–H and O–H groups in total. The zero-order valence-corrected chi connectivity index (χ0v) is 25.8. The van der Waals surface area contributed by atoms with Crippen molar-refractivity contribution in [1.82, 2.24) is 9.38 Å². The van der Waals surface area contributed by atoms with Crippen molar-refractivity contribution in [3.05, 3.63) is 174 Å². The van der Waals surface area contributed by atoms with E-state index < -0.39 is 0 Å². The van der Waals surface area contributed by atoms with Gasteiger partial charge in [0.1, 0.15) is 5.65 Å². The van der Waals surface area contributed by atoms with Crippen molar-refractivity contribution in [1.29, 1.82) is 0 Å². The maximum atomic E-state index is 5.21. The smallest absolute Gasteiger partial charge is 0.146 e.